The second kappa shape index (κ2) is 9.75. The molecule has 0 spiro atoms. The van der Waals surface area contributed by atoms with E-state index in [0.717, 1.165) is 50.5 Å². The summed E-state index contributed by atoms with van der Waals surface area (Å²) < 4.78 is 29.3. The van der Waals surface area contributed by atoms with E-state index in [0.29, 0.717) is 18.4 Å². The van der Waals surface area contributed by atoms with Crippen LogP contribution in [-0.4, -0.2) is 83.7 Å². The molecule has 9 heteroatoms. The van der Waals surface area contributed by atoms with Crippen LogP contribution in [-0.2, 0) is 28.5 Å². The number of hydrogen-bond donors (Lipinski definition) is 3. The fourth-order valence-electron chi connectivity index (χ4n) is 9.87. The van der Waals surface area contributed by atoms with Gasteiger partial charge in [0.05, 0.1) is 18.3 Å². The largest absolute Gasteiger partial charge is 0.458 e. The fraction of sp³-hybridized carbons (Fsp3) is 0.900. The molecule has 6 aliphatic rings. The van der Waals surface area contributed by atoms with Crippen LogP contribution in [0.1, 0.15) is 72.6 Å². The zero-order valence-electron chi connectivity index (χ0n) is 23.9. The second-order valence-corrected chi connectivity index (χ2v) is 13.7. The molecule has 3 heterocycles. The molecule has 0 aromatic heterocycles. The summed E-state index contributed by atoms with van der Waals surface area (Å²) >= 11 is 0. The molecule has 0 bridgehead atoms. The predicted octanol–water partition coefficient (Wildman–Crippen LogP) is 2.69. The van der Waals surface area contributed by atoms with E-state index in [4.69, 9.17) is 23.7 Å². The van der Waals surface area contributed by atoms with Gasteiger partial charge in [0.2, 0.25) is 0 Å². The smallest absolute Gasteiger partial charge is 0.331 e. The van der Waals surface area contributed by atoms with Crippen molar-refractivity contribution in [2.24, 2.45) is 34.5 Å². The Balaban J connectivity index is 1.17. The molecule has 3 aliphatic heterocycles. The van der Waals surface area contributed by atoms with Gasteiger partial charge >= 0.3 is 5.97 Å². The average Bonchev–Trinajstić information content (AvgIpc) is 3.39. The number of carbonyl (C=O) groups excluding carboxylic acids is 1. The van der Waals surface area contributed by atoms with E-state index in [2.05, 4.69) is 13.8 Å². The normalized spacial score (nSPS) is 55.3. The Hall–Kier alpha value is -1.07. The molecule has 0 radical (unpaired) electrons. The van der Waals surface area contributed by atoms with Gasteiger partial charge in [0.25, 0.3) is 0 Å². The molecule has 220 valence electrons. The molecule has 6 rings (SSSR count). The summed E-state index contributed by atoms with van der Waals surface area (Å²) in [5.74, 6) is -0.768. The molecule has 3 aliphatic carbocycles. The highest BCUT2D eigenvalue weighted by molar-refractivity contribution is 5.85. The third-order valence-corrected chi connectivity index (χ3v) is 11.9. The van der Waals surface area contributed by atoms with Gasteiger partial charge in [0.1, 0.15) is 24.9 Å². The summed E-state index contributed by atoms with van der Waals surface area (Å²) in [6.07, 6.45) is 3.76. The highest BCUT2D eigenvalue weighted by atomic mass is 16.7. The van der Waals surface area contributed by atoms with Crippen LogP contribution in [0, 0.1) is 34.5 Å². The lowest BCUT2D eigenvalue weighted by molar-refractivity contribution is -0.323. The van der Waals surface area contributed by atoms with E-state index >= 15 is 0 Å². The number of rotatable bonds is 4. The number of ether oxygens (including phenoxy) is 5. The third-order valence-electron chi connectivity index (χ3n) is 11.9. The molecule has 39 heavy (non-hydrogen) atoms. The van der Waals surface area contributed by atoms with Gasteiger partial charge in [0.15, 0.2) is 12.1 Å². The standard InChI is InChI=1S/C30H46O9/c1-15-23(17-12-22(31)36-14-17)29(4)11-9-20-21(30(29,34)39-15)7-6-18-13-19(8-10-28(18,20)3)38-27-25(33)26(35-5)24(32)16(2)37-27/h12,15-16,18-21,23-27,32-34H,6-11,13-14H2,1-5H3/t15?,16-,18?,19?,20?,21?,23?,24-,25-,26+,27-,28?,29?,30?/m0/s1. The van der Waals surface area contributed by atoms with E-state index in [9.17, 15) is 20.1 Å². The Kier molecular flexibility index (Phi) is 7.02. The fourth-order valence-corrected chi connectivity index (χ4v) is 9.87. The van der Waals surface area contributed by atoms with Gasteiger partial charge in [-0.3, -0.25) is 0 Å². The summed E-state index contributed by atoms with van der Waals surface area (Å²) in [7, 11) is 1.48. The summed E-state index contributed by atoms with van der Waals surface area (Å²) in [5.41, 5.74) is 0.539. The van der Waals surface area contributed by atoms with Gasteiger partial charge in [-0.15, -0.1) is 0 Å². The highest BCUT2D eigenvalue weighted by Crippen LogP contribution is 2.69. The molecule has 14 atom stereocenters. The molecule has 9 nitrogen and oxygen atoms in total. The summed E-state index contributed by atoms with van der Waals surface area (Å²) in [6, 6.07) is 0. The summed E-state index contributed by atoms with van der Waals surface area (Å²) in [6.45, 7) is 8.63. The maximum atomic E-state index is 12.4. The first-order valence-corrected chi connectivity index (χ1v) is 14.9. The lowest BCUT2D eigenvalue weighted by Gasteiger charge is -2.62. The Morgan fingerprint density at radius 2 is 1.77 bits per heavy atom. The van der Waals surface area contributed by atoms with E-state index in [1.54, 1.807) is 13.0 Å². The van der Waals surface area contributed by atoms with Crippen molar-refractivity contribution in [1.29, 1.82) is 0 Å². The van der Waals surface area contributed by atoms with E-state index < -0.39 is 41.9 Å². The van der Waals surface area contributed by atoms with Crippen LogP contribution in [0.25, 0.3) is 0 Å². The van der Waals surface area contributed by atoms with Crippen LogP contribution in [0.4, 0.5) is 0 Å². The van der Waals surface area contributed by atoms with Crippen LogP contribution in [0.3, 0.4) is 0 Å². The van der Waals surface area contributed by atoms with E-state index in [-0.39, 0.29) is 35.4 Å². The Labute approximate surface area is 231 Å². The van der Waals surface area contributed by atoms with Crippen LogP contribution >= 0.6 is 0 Å². The molecular formula is C30H46O9. The summed E-state index contributed by atoms with van der Waals surface area (Å²) in [5, 5.41) is 33.4. The van der Waals surface area contributed by atoms with Gasteiger partial charge in [-0.1, -0.05) is 13.8 Å². The lowest BCUT2D eigenvalue weighted by atomic mass is 9.44. The summed E-state index contributed by atoms with van der Waals surface area (Å²) in [4.78, 5) is 11.9. The monoisotopic (exact) mass is 550 g/mol. The Morgan fingerprint density at radius 3 is 2.46 bits per heavy atom. The van der Waals surface area contributed by atoms with Crippen LogP contribution in [0.15, 0.2) is 11.6 Å². The molecule has 3 saturated carbocycles. The van der Waals surface area contributed by atoms with Crippen LogP contribution in [0.2, 0.25) is 0 Å². The number of cyclic esters (lactones) is 1. The van der Waals surface area contributed by atoms with Crippen molar-refractivity contribution in [2.45, 2.75) is 121 Å². The van der Waals surface area contributed by atoms with Crippen molar-refractivity contribution in [2.75, 3.05) is 13.7 Å². The average molecular weight is 551 g/mol. The molecule has 5 fully saturated rings. The molecule has 0 amide bonds. The van der Waals surface area contributed by atoms with Crippen molar-refractivity contribution >= 4 is 5.97 Å². The SMILES string of the molecule is CO[C@H]1[C@H](O)[C@H](OC2CCC3(C)C(CCC4C3CCC3(C)C(C5=CC(=O)OC5)C(C)OC43O)C2)O[C@@H](C)[C@@H]1O. The third kappa shape index (κ3) is 4.09. The minimum Gasteiger partial charge on any atom is -0.458 e. The molecule has 2 saturated heterocycles. The zero-order valence-corrected chi connectivity index (χ0v) is 23.9. The number of aliphatic hydroxyl groups is 3. The minimum absolute atomic E-state index is 0.0364. The number of fused-ring (bicyclic) bond motifs is 5. The first kappa shape index (κ1) is 28.1. The maximum Gasteiger partial charge on any atom is 0.331 e. The van der Waals surface area contributed by atoms with E-state index in [1.807, 2.05) is 6.92 Å². The first-order valence-electron chi connectivity index (χ1n) is 14.9. The Morgan fingerprint density at radius 1 is 1.00 bits per heavy atom. The number of esters is 1. The van der Waals surface area contributed by atoms with Crippen molar-refractivity contribution in [3.8, 4) is 0 Å². The number of hydrogen-bond acceptors (Lipinski definition) is 9. The second-order valence-electron chi connectivity index (χ2n) is 13.7. The number of aliphatic hydroxyl groups excluding tert-OH is 2. The first-order chi connectivity index (χ1) is 18.4. The van der Waals surface area contributed by atoms with Crippen LogP contribution < -0.4 is 0 Å². The van der Waals surface area contributed by atoms with Gasteiger partial charge in [-0.2, -0.15) is 0 Å². The Bertz CT molecular complexity index is 1000. The van der Waals surface area contributed by atoms with Gasteiger partial charge in [0, 0.05) is 30.4 Å². The number of carbonyl (C=O) groups is 1. The quantitative estimate of drug-likeness (QED) is 0.358. The van der Waals surface area contributed by atoms with Gasteiger partial charge in [-0.25, -0.2) is 4.79 Å². The van der Waals surface area contributed by atoms with Gasteiger partial charge in [-0.05, 0) is 81.6 Å². The van der Waals surface area contributed by atoms with Gasteiger partial charge < -0.3 is 39.0 Å². The minimum atomic E-state index is -1.24. The molecule has 9 unspecified atom stereocenters. The van der Waals surface area contributed by atoms with Crippen molar-refractivity contribution in [3.05, 3.63) is 11.6 Å². The van der Waals surface area contributed by atoms with Crippen molar-refractivity contribution in [3.63, 3.8) is 0 Å². The van der Waals surface area contributed by atoms with Crippen molar-refractivity contribution < 1.29 is 43.8 Å². The number of methoxy groups -OCH3 is 1. The predicted molar refractivity (Wildman–Crippen MR) is 139 cm³/mol. The molecule has 0 aromatic carbocycles. The van der Waals surface area contributed by atoms with Crippen LogP contribution in [0.5, 0.6) is 0 Å². The lowest BCUT2D eigenvalue weighted by Crippen LogP contribution is -2.63. The highest BCUT2D eigenvalue weighted by Gasteiger charge is 2.71. The topological polar surface area (TPSA) is 124 Å². The molecular weight excluding hydrogens is 504 g/mol. The van der Waals surface area contributed by atoms with Crippen molar-refractivity contribution in [1.82, 2.24) is 0 Å². The molecule has 3 N–H and O–H groups in total. The van der Waals surface area contributed by atoms with E-state index in [1.165, 1.54) is 7.11 Å². The zero-order chi connectivity index (χ0) is 27.9. The molecule has 0 aromatic rings. The maximum absolute atomic E-state index is 12.4.